The molecule has 2 rings (SSSR count). The highest BCUT2D eigenvalue weighted by Gasteiger charge is 2.20. The van der Waals surface area contributed by atoms with Crippen molar-refractivity contribution in [1.29, 1.82) is 0 Å². The number of hydrogen-bond acceptors (Lipinski definition) is 8. The van der Waals surface area contributed by atoms with Gasteiger partial charge in [-0.25, -0.2) is 9.78 Å². The first-order chi connectivity index (χ1) is 10.9. The molecule has 0 unspecified atom stereocenters. The van der Waals surface area contributed by atoms with Gasteiger partial charge in [-0.05, 0) is 37.6 Å². The molecule has 2 aromatic rings. The van der Waals surface area contributed by atoms with Crippen LogP contribution in [0, 0.1) is 17.0 Å². The number of nitrogens with zero attached hydrogens (tertiary/aromatic N) is 3. The Labute approximate surface area is 131 Å². The van der Waals surface area contributed by atoms with E-state index in [1.807, 2.05) is 0 Å². The van der Waals surface area contributed by atoms with E-state index in [1.165, 1.54) is 6.07 Å². The molecule has 0 atom stereocenters. The second-order valence-corrected chi connectivity index (χ2v) is 4.53. The molecule has 0 bridgehead atoms. The minimum atomic E-state index is -0.684. The number of aromatic nitrogens is 2. The Bertz CT molecular complexity index is 763. The number of carbonyl (C=O) groups is 1. The SMILES string of the molecule is CCOC(=O)c1cc(C)cc(Oc2nc(N)ncc2[N+](=O)[O-])c1. The predicted octanol–water partition coefficient (Wildman–Crippen LogP) is 2.24. The average molecular weight is 318 g/mol. The van der Waals surface area contributed by atoms with Crippen LogP contribution in [0.3, 0.4) is 0 Å². The van der Waals surface area contributed by atoms with Crippen LogP contribution in [-0.4, -0.2) is 27.5 Å². The van der Waals surface area contributed by atoms with Crippen LogP contribution in [0.15, 0.2) is 24.4 Å². The van der Waals surface area contributed by atoms with Crippen LogP contribution >= 0.6 is 0 Å². The van der Waals surface area contributed by atoms with Crippen LogP contribution in [0.5, 0.6) is 11.6 Å². The summed E-state index contributed by atoms with van der Waals surface area (Å²) in [6.07, 6.45) is 0.958. The van der Waals surface area contributed by atoms with E-state index in [0.29, 0.717) is 0 Å². The molecule has 0 aliphatic heterocycles. The van der Waals surface area contributed by atoms with Gasteiger partial charge in [0.25, 0.3) is 0 Å². The van der Waals surface area contributed by atoms with Crippen LogP contribution in [0.1, 0.15) is 22.8 Å². The van der Waals surface area contributed by atoms with Crippen LogP contribution < -0.4 is 10.5 Å². The summed E-state index contributed by atoms with van der Waals surface area (Å²) in [5, 5.41) is 11.0. The molecule has 1 aromatic carbocycles. The Morgan fingerprint density at radius 2 is 2.13 bits per heavy atom. The van der Waals surface area contributed by atoms with Crippen molar-refractivity contribution in [1.82, 2.24) is 9.97 Å². The topological polar surface area (TPSA) is 130 Å². The summed E-state index contributed by atoms with van der Waals surface area (Å²) >= 11 is 0. The van der Waals surface area contributed by atoms with Crippen molar-refractivity contribution < 1.29 is 19.2 Å². The number of ether oxygens (including phenoxy) is 2. The summed E-state index contributed by atoms with van der Waals surface area (Å²) in [6.45, 7) is 3.67. The van der Waals surface area contributed by atoms with Crippen molar-refractivity contribution in [3.05, 3.63) is 45.6 Å². The molecule has 0 fully saturated rings. The lowest BCUT2D eigenvalue weighted by Gasteiger charge is -2.09. The number of nitro groups is 1. The van der Waals surface area contributed by atoms with E-state index in [0.717, 1.165) is 11.8 Å². The first-order valence-corrected chi connectivity index (χ1v) is 6.64. The number of anilines is 1. The summed E-state index contributed by atoms with van der Waals surface area (Å²) in [6, 6.07) is 4.63. The third-order valence-corrected chi connectivity index (χ3v) is 2.73. The van der Waals surface area contributed by atoms with Gasteiger partial charge in [0.2, 0.25) is 5.95 Å². The first-order valence-electron chi connectivity index (χ1n) is 6.64. The van der Waals surface area contributed by atoms with Gasteiger partial charge in [-0.1, -0.05) is 0 Å². The summed E-state index contributed by atoms with van der Waals surface area (Å²) in [7, 11) is 0. The number of rotatable bonds is 5. The number of hydrogen-bond donors (Lipinski definition) is 1. The minimum Gasteiger partial charge on any atom is -0.462 e. The van der Waals surface area contributed by atoms with Crippen molar-refractivity contribution in [2.24, 2.45) is 0 Å². The fraction of sp³-hybridized carbons (Fsp3) is 0.214. The van der Waals surface area contributed by atoms with Gasteiger partial charge in [0, 0.05) is 0 Å². The van der Waals surface area contributed by atoms with Crippen molar-refractivity contribution in [2.75, 3.05) is 12.3 Å². The lowest BCUT2D eigenvalue weighted by Crippen LogP contribution is -2.06. The molecular formula is C14H14N4O5. The zero-order chi connectivity index (χ0) is 17.0. The molecule has 23 heavy (non-hydrogen) atoms. The molecular weight excluding hydrogens is 304 g/mol. The van der Waals surface area contributed by atoms with Gasteiger partial charge in [0.05, 0.1) is 17.1 Å². The lowest BCUT2D eigenvalue weighted by molar-refractivity contribution is -0.386. The maximum atomic E-state index is 11.8. The Morgan fingerprint density at radius 3 is 2.78 bits per heavy atom. The molecule has 120 valence electrons. The van der Waals surface area contributed by atoms with Gasteiger partial charge < -0.3 is 15.2 Å². The van der Waals surface area contributed by atoms with Gasteiger partial charge in [0.15, 0.2) is 0 Å². The molecule has 0 aliphatic rings. The van der Waals surface area contributed by atoms with E-state index >= 15 is 0 Å². The Morgan fingerprint density at radius 1 is 1.39 bits per heavy atom. The molecule has 0 amide bonds. The number of aryl methyl sites for hydroxylation is 1. The molecule has 9 heteroatoms. The number of carbonyl (C=O) groups excluding carboxylic acids is 1. The Kier molecular flexibility index (Phi) is 4.69. The van der Waals surface area contributed by atoms with E-state index < -0.39 is 16.6 Å². The second kappa shape index (κ2) is 6.69. The normalized spacial score (nSPS) is 10.2. The van der Waals surface area contributed by atoms with Gasteiger partial charge in [-0.2, -0.15) is 4.98 Å². The minimum absolute atomic E-state index is 0.163. The molecule has 2 N–H and O–H groups in total. The van der Waals surface area contributed by atoms with Gasteiger partial charge in [0.1, 0.15) is 11.9 Å². The van der Waals surface area contributed by atoms with Gasteiger partial charge >= 0.3 is 17.5 Å². The zero-order valence-corrected chi connectivity index (χ0v) is 12.5. The van der Waals surface area contributed by atoms with Gasteiger partial charge in [-0.15, -0.1) is 0 Å². The Hall–Kier alpha value is -3.23. The van der Waals surface area contributed by atoms with E-state index in [-0.39, 0.29) is 29.7 Å². The van der Waals surface area contributed by atoms with Crippen LogP contribution in [0.25, 0.3) is 0 Å². The maximum Gasteiger partial charge on any atom is 0.349 e. The standard InChI is InChI=1S/C14H14N4O5/c1-3-22-13(19)9-4-8(2)5-10(6-9)23-12-11(18(20)21)7-16-14(15)17-12/h4-7H,3H2,1-2H3,(H2,15,16,17). The molecule has 9 nitrogen and oxygen atoms in total. The fourth-order valence-corrected chi connectivity index (χ4v) is 1.82. The predicted molar refractivity (Wildman–Crippen MR) is 80.3 cm³/mol. The summed E-state index contributed by atoms with van der Waals surface area (Å²) in [5.41, 5.74) is 5.99. The summed E-state index contributed by atoms with van der Waals surface area (Å²) in [5.74, 6) is -0.779. The first kappa shape index (κ1) is 16.1. The smallest absolute Gasteiger partial charge is 0.349 e. The van der Waals surface area contributed by atoms with Crippen molar-refractivity contribution in [3.8, 4) is 11.6 Å². The van der Waals surface area contributed by atoms with E-state index in [1.54, 1.807) is 26.0 Å². The molecule has 0 saturated carbocycles. The van der Waals surface area contributed by atoms with Crippen LogP contribution in [0.2, 0.25) is 0 Å². The number of benzene rings is 1. The Balaban J connectivity index is 2.39. The second-order valence-electron chi connectivity index (χ2n) is 4.53. The van der Waals surface area contributed by atoms with Crippen molar-refractivity contribution in [3.63, 3.8) is 0 Å². The largest absolute Gasteiger partial charge is 0.462 e. The highest BCUT2D eigenvalue weighted by molar-refractivity contribution is 5.90. The molecule has 0 radical (unpaired) electrons. The third-order valence-electron chi connectivity index (χ3n) is 2.73. The van der Waals surface area contributed by atoms with E-state index in [2.05, 4.69) is 9.97 Å². The highest BCUT2D eigenvalue weighted by atomic mass is 16.6. The monoisotopic (exact) mass is 318 g/mol. The number of nitrogen functional groups attached to an aromatic ring is 1. The van der Waals surface area contributed by atoms with Crippen LogP contribution in [0.4, 0.5) is 11.6 Å². The molecule has 0 saturated heterocycles. The van der Waals surface area contributed by atoms with Crippen molar-refractivity contribution >= 4 is 17.6 Å². The van der Waals surface area contributed by atoms with Gasteiger partial charge in [-0.3, -0.25) is 10.1 Å². The fourth-order valence-electron chi connectivity index (χ4n) is 1.82. The van der Waals surface area contributed by atoms with Crippen molar-refractivity contribution in [2.45, 2.75) is 13.8 Å². The maximum absolute atomic E-state index is 11.8. The van der Waals surface area contributed by atoms with E-state index in [4.69, 9.17) is 15.2 Å². The quantitative estimate of drug-likeness (QED) is 0.504. The molecule has 1 heterocycles. The molecule has 0 spiro atoms. The number of esters is 1. The third kappa shape index (κ3) is 3.90. The zero-order valence-electron chi connectivity index (χ0n) is 12.5. The highest BCUT2D eigenvalue weighted by Crippen LogP contribution is 2.30. The number of nitrogens with two attached hydrogens (primary N) is 1. The summed E-state index contributed by atoms with van der Waals surface area (Å²) in [4.78, 5) is 29.4. The lowest BCUT2D eigenvalue weighted by atomic mass is 10.1. The summed E-state index contributed by atoms with van der Waals surface area (Å²) < 4.78 is 10.3. The van der Waals surface area contributed by atoms with Crippen LogP contribution in [-0.2, 0) is 4.74 Å². The molecule has 1 aromatic heterocycles. The average Bonchev–Trinajstić information content (AvgIpc) is 2.46. The molecule has 0 aliphatic carbocycles. The van der Waals surface area contributed by atoms with E-state index in [9.17, 15) is 14.9 Å².